The quantitative estimate of drug-likeness (QED) is 0.193. The van der Waals surface area contributed by atoms with Crippen molar-refractivity contribution in [2.24, 2.45) is 32.7 Å². The van der Waals surface area contributed by atoms with Crippen LogP contribution >= 0.6 is 0 Å². The molecule has 0 saturated heterocycles. The van der Waals surface area contributed by atoms with Gasteiger partial charge < -0.3 is 20.1 Å². The number of ether oxygens (including phenoxy) is 2. The van der Waals surface area contributed by atoms with Crippen molar-refractivity contribution in [3.63, 3.8) is 0 Å². The Morgan fingerprint density at radius 2 is 1.11 bits per heavy atom. The highest BCUT2D eigenvalue weighted by Gasteiger charge is 2.35. The average molecular weight is 535 g/mol. The van der Waals surface area contributed by atoms with Crippen molar-refractivity contribution < 1.29 is 28.7 Å². The van der Waals surface area contributed by atoms with Gasteiger partial charge in [-0.2, -0.15) is 0 Å². The number of nitrogens with zero attached hydrogens (tertiary/aromatic N) is 2. The molecule has 0 radical (unpaired) electrons. The number of aliphatic imine (C=N–C) groups is 2. The van der Waals surface area contributed by atoms with Gasteiger partial charge in [0.2, 0.25) is 12.2 Å². The van der Waals surface area contributed by atoms with E-state index in [4.69, 9.17) is 9.47 Å². The number of carbonyl (C=O) groups is 2. The normalized spacial score (nSPS) is 25.7. The highest BCUT2D eigenvalue weighted by molar-refractivity contribution is 5.67. The van der Waals surface area contributed by atoms with Crippen molar-refractivity contribution in [1.29, 1.82) is 0 Å². The molecule has 0 aromatic heterocycles. The third-order valence-electron chi connectivity index (χ3n) is 7.52. The second-order valence-electron chi connectivity index (χ2n) is 12.5. The van der Waals surface area contributed by atoms with Gasteiger partial charge in [-0.1, -0.05) is 27.7 Å². The Labute approximate surface area is 226 Å². The van der Waals surface area contributed by atoms with Crippen LogP contribution in [0.3, 0.4) is 0 Å². The van der Waals surface area contributed by atoms with E-state index in [1.54, 1.807) is 12.2 Å². The third-order valence-corrected chi connectivity index (χ3v) is 7.52. The Hall–Kier alpha value is -2.70. The molecular weight excluding hydrogens is 488 g/mol. The topological polar surface area (TPSA) is 136 Å². The van der Waals surface area contributed by atoms with Crippen LogP contribution in [0, 0.1) is 22.7 Å². The van der Waals surface area contributed by atoms with Crippen LogP contribution in [0.25, 0.3) is 0 Å². The summed E-state index contributed by atoms with van der Waals surface area (Å²) in [5.41, 5.74) is 0.153. The first-order chi connectivity index (χ1) is 18.0. The number of carbonyl (C=O) groups excluding carboxylic acids is 4. The molecule has 4 unspecified atom stereocenters. The van der Waals surface area contributed by atoms with E-state index in [1.807, 2.05) is 0 Å². The van der Waals surface area contributed by atoms with Crippen LogP contribution in [0.5, 0.6) is 0 Å². The summed E-state index contributed by atoms with van der Waals surface area (Å²) in [5, 5.41) is 5.67. The number of isocyanates is 2. The molecule has 2 rings (SSSR count). The summed E-state index contributed by atoms with van der Waals surface area (Å²) in [6, 6.07) is -0.0637. The summed E-state index contributed by atoms with van der Waals surface area (Å²) in [6.07, 6.45) is 10.9. The lowest BCUT2D eigenvalue weighted by molar-refractivity contribution is 0.126. The van der Waals surface area contributed by atoms with Gasteiger partial charge in [0, 0.05) is 13.1 Å². The fourth-order valence-electron chi connectivity index (χ4n) is 6.21. The first kappa shape index (κ1) is 31.5. The highest BCUT2D eigenvalue weighted by Crippen LogP contribution is 2.40. The van der Waals surface area contributed by atoms with Gasteiger partial charge in [-0.05, 0) is 86.9 Å². The molecule has 214 valence electrons. The predicted molar refractivity (Wildman–Crippen MR) is 143 cm³/mol. The SMILES string of the molecule is CC1(C)CC(CNC(=O)OCCCCCCOC(=O)NCC2CC(N=C=O)CC(C)(C)C2)CC(N=C=O)C1. The molecule has 0 aromatic rings. The Morgan fingerprint density at radius 3 is 1.47 bits per heavy atom. The molecule has 0 heterocycles. The average Bonchev–Trinajstić information content (AvgIpc) is 2.81. The van der Waals surface area contributed by atoms with E-state index >= 15 is 0 Å². The summed E-state index contributed by atoms with van der Waals surface area (Å²) in [4.78, 5) is 53.1. The molecule has 2 fully saturated rings. The number of unbranched alkanes of at least 4 members (excludes halogenated alkanes) is 3. The molecule has 2 N–H and O–H groups in total. The minimum absolute atomic E-state index is 0.0318. The van der Waals surface area contributed by atoms with Gasteiger partial charge in [-0.25, -0.2) is 29.2 Å². The van der Waals surface area contributed by atoms with Gasteiger partial charge in [0.15, 0.2) is 0 Å². The van der Waals surface area contributed by atoms with E-state index in [-0.39, 0.29) is 34.7 Å². The molecule has 2 aliphatic rings. The Morgan fingerprint density at radius 1 is 0.711 bits per heavy atom. The monoisotopic (exact) mass is 534 g/mol. The summed E-state index contributed by atoms with van der Waals surface area (Å²) < 4.78 is 10.5. The minimum atomic E-state index is -0.422. The fraction of sp³-hybridized carbons (Fsp3) is 0.857. The van der Waals surface area contributed by atoms with Crippen molar-refractivity contribution in [1.82, 2.24) is 10.6 Å². The van der Waals surface area contributed by atoms with E-state index in [1.165, 1.54) is 0 Å². The van der Waals surface area contributed by atoms with Gasteiger partial charge in [0.1, 0.15) is 0 Å². The minimum Gasteiger partial charge on any atom is -0.450 e. The second kappa shape index (κ2) is 15.6. The van der Waals surface area contributed by atoms with Crippen LogP contribution in [0.2, 0.25) is 0 Å². The number of alkyl carbamates (subject to hydrolysis) is 2. The van der Waals surface area contributed by atoms with E-state index in [9.17, 15) is 19.2 Å². The number of hydrogen-bond donors (Lipinski definition) is 2. The second-order valence-corrected chi connectivity index (χ2v) is 12.5. The van der Waals surface area contributed by atoms with Gasteiger partial charge >= 0.3 is 12.2 Å². The molecule has 2 saturated carbocycles. The summed E-state index contributed by atoms with van der Waals surface area (Å²) in [5.74, 6) is 0.516. The molecule has 0 aliphatic heterocycles. The Bertz CT molecular complexity index is 793. The van der Waals surface area contributed by atoms with E-state index < -0.39 is 12.2 Å². The smallest absolute Gasteiger partial charge is 0.407 e. The van der Waals surface area contributed by atoms with Crippen molar-refractivity contribution in [2.45, 2.75) is 104 Å². The molecule has 38 heavy (non-hydrogen) atoms. The van der Waals surface area contributed by atoms with Crippen LogP contribution in [0.4, 0.5) is 9.59 Å². The zero-order valence-electron chi connectivity index (χ0n) is 23.6. The van der Waals surface area contributed by atoms with Crippen LogP contribution in [-0.2, 0) is 19.1 Å². The fourth-order valence-corrected chi connectivity index (χ4v) is 6.21. The number of nitrogens with one attached hydrogen (secondary N) is 2. The van der Waals surface area contributed by atoms with Gasteiger partial charge in [0.05, 0.1) is 25.3 Å². The molecule has 4 atom stereocenters. The number of rotatable bonds is 13. The first-order valence-electron chi connectivity index (χ1n) is 14.0. The van der Waals surface area contributed by atoms with Gasteiger partial charge in [-0.3, -0.25) is 0 Å². The molecule has 2 amide bonds. The van der Waals surface area contributed by atoms with Crippen LogP contribution in [0.15, 0.2) is 9.98 Å². The summed E-state index contributed by atoms with van der Waals surface area (Å²) in [6.45, 7) is 10.3. The van der Waals surface area contributed by atoms with Crippen LogP contribution in [0.1, 0.15) is 91.9 Å². The molecule has 0 spiro atoms. The lowest BCUT2D eigenvalue weighted by atomic mass is 9.70. The van der Waals surface area contributed by atoms with Crippen LogP contribution < -0.4 is 10.6 Å². The maximum atomic E-state index is 12.0. The number of hydrogen-bond acceptors (Lipinski definition) is 8. The standard InChI is InChI=1S/C28H46N4O6/c1-27(2)13-21(11-23(15-27)31-19-33)17-29-25(35)37-9-7-5-6-8-10-38-26(36)30-18-22-12-24(32-20-34)16-28(3,4)14-22/h21-24H,5-18H2,1-4H3,(H,29,35)(H,30,36). The van der Waals surface area contributed by atoms with Crippen molar-refractivity contribution in [2.75, 3.05) is 26.3 Å². The Balaban J connectivity index is 1.48. The zero-order valence-corrected chi connectivity index (χ0v) is 23.6. The lowest BCUT2D eigenvalue weighted by Gasteiger charge is -2.38. The van der Waals surface area contributed by atoms with Gasteiger partial charge in [0.25, 0.3) is 0 Å². The maximum absolute atomic E-state index is 12.0. The van der Waals surface area contributed by atoms with Crippen molar-refractivity contribution in [3.8, 4) is 0 Å². The number of amides is 2. The zero-order chi connectivity index (χ0) is 28.0. The maximum Gasteiger partial charge on any atom is 0.407 e. The van der Waals surface area contributed by atoms with Crippen molar-refractivity contribution in [3.05, 3.63) is 0 Å². The highest BCUT2D eigenvalue weighted by atomic mass is 16.6. The first-order valence-corrected chi connectivity index (χ1v) is 14.0. The Kier molecular flexibility index (Phi) is 13.0. The summed E-state index contributed by atoms with van der Waals surface area (Å²) in [7, 11) is 0. The van der Waals surface area contributed by atoms with E-state index in [0.717, 1.165) is 64.2 Å². The third kappa shape index (κ3) is 12.7. The van der Waals surface area contributed by atoms with Crippen molar-refractivity contribution >= 4 is 24.3 Å². The molecule has 10 heteroatoms. The van der Waals surface area contributed by atoms with Crippen LogP contribution in [-0.4, -0.2) is 62.7 Å². The molecule has 2 aliphatic carbocycles. The van der Waals surface area contributed by atoms with E-state index in [2.05, 4.69) is 48.3 Å². The molecule has 0 bridgehead atoms. The molecular formula is C28H46N4O6. The largest absolute Gasteiger partial charge is 0.450 e. The molecule has 0 aromatic carbocycles. The van der Waals surface area contributed by atoms with E-state index in [0.29, 0.717) is 26.3 Å². The predicted octanol–water partition coefficient (Wildman–Crippen LogP) is 5.06. The van der Waals surface area contributed by atoms with Gasteiger partial charge in [-0.15, -0.1) is 0 Å². The molecule has 10 nitrogen and oxygen atoms in total. The summed E-state index contributed by atoms with van der Waals surface area (Å²) >= 11 is 0. The lowest BCUT2D eigenvalue weighted by Crippen LogP contribution is -2.38.